The molecule has 0 saturated heterocycles. The van der Waals surface area contributed by atoms with Crippen LogP contribution in [-0.4, -0.2) is 22.8 Å². The number of rotatable bonds is 2. The zero-order chi connectivity index (χ0) is 18.3. The molecule has 0 amide bonds. The molecule has 4 rings (SSSR count). The Morgan fingerprint density at radius 2 is 2.04 bits per heavy atom. The molecule has 0 saturated carbocycles. The number of benzene rings is 2. The summed E-state index contributed by atoms with van der Waals surface area (Å²) in [6.45, 7) is 4.60. The van der Waals surface area contributed by atoms with Crippen molar-refractivity contribution < 1.29 is 9.13 Å². The highest BCUT2D eigenvalue weighted by atomic mass is 35.5. The van der Waals surface area contributed by atoms with Crippen molar-refractivity contribution in [2.45, 2.75) is 25.9 Å². The highest BCUT2D eigenvalue weighted by Gasteiger charge is 2.31. The van der Waals surface area contributed by atoms with Crippen LogP contribution in [0.2, 0.25) is 5.02 Å². The summed E-state index contributed by atoms with van der Waals surface area (Å²) in [7, 11) is 0. The maximum absolute atomic E-state index is 13.9. The van der Waals surface area contributed by atoms with Gasteiger partial charge in [-0.2, -0.15) is 0 Å². The second-order valence-electron chi connectivity index (χ2n) is 6.72. The Labute approximate surface area is 156 Å². The Morgan fingerprint density at radius 3 is 2.85 bits per heavy atom. The number of ether oxygens (including phenoxy) is 1. The third-order valence-electron chi connectivity index (χ3n) is 4.83. The van der Waals surface area contributed by atoms with Crippen molar-refractivity contribution in [1.29, 1.82) is 0 Å². The van der Waals surface area contributed by atoms with Crippen LogP contribution in [0.5, 0.6) is 5.75 Å². The summed E-state index contributed by atoms with van der Waals surface area (Å²) in [6, 6.07) is 12.5. The Kier molecular flexibility index (Phi) is 4.16. The number of aromatic nitrogens is 1. The van der Waals surface area contributed by atoms with Gasteiger partial charge in [0.1, 0.15) is 22.7 Å². The second-order valence-corrected chi connectivity index (χ2v) is 7.13. The molecule has 5 heteroatoms. The summed E-state index contributed by atoms with van der Waals surface area (Å²) in [6.07, 6.45) is 2.46. The average Bonchev–Trinajstić information content (AvgIpc) is 2.80. The third kappa shape index (κ3) is 2.84. The van der Waals surface area contributed by atoms with E-state index in [0.717, 1.165) is 28.6 Å². The Morgan fingerprint density at radius 1 is 1.23 bits per heavy atom. The fraction of sp³-hybridized carbons (Fsp3) is 0.238. The van der Waals surface area contributed by atoms with Crippen molar-refractivity contribution in [2.75, 3.05) is 6.54 Å². The molecule has 0 N–H and O–H groups in total. The quantitative estimate of drug-likeness (QED) is 0.604. The van der Waals surface area contributed by atoms with Crippen LogP contribution in [0.25, 0.3) is 10.9 Å². The Hall–Kier alpha value is -2.46. The number of hydrogen-bond acceptors (Lipinski definition) is 3. The van der Waals surface area contributed by atoms with E-state index >= 15 is 0 Å². The van der Waals surface area contributed by atoms with E-state index in [1.165, 1.54) is 6.07 Å². The minimum absolute atomic E-state index is 0.331. The SMILES string of the molecule is CCC1(C)CN=C(c2cnc3c(F)cccc3c2)c2cccc(Cl)c2O1. The predicted molar refractivity (Wildman–Crippen MR) is 103 cm³/mol. The molecular weight excluding hydrogens is 351 g/mol. The van der Waals surface area contributed by atoms with Crippen molar-refractivity contribution in [3.63, 3.8) is 0 Å². The molecular formula is C21H18ClFN2O. The van der Waals surface area contributed by atoms with Crippen molar-refractivity contribution in [1.82, 2.24) is 4.98 Å². The lowest BCUT2D eigenvalue weighted by Crippen LogP contribution is -2.34. The molecule has 0 aliphatic carbocycles. The highest BCUT2D eigenvalue weighted by molar-refractivity contribution is 6.33. The van der Waals surface area contributed by atoms with Crippen LogP contribution in [0.3, 0.4) is 0 Å². The molecule has 26 heavy (non-hydrogen) atoms. The molecule has 0 fully saturated rings. The van der Waals surface area contributed by atoms with Gasteiger partial charge in [0.2, 0.25) is 0 Å². The average molecular weight is 369 g/mol. The fourth-order valence-electron chi connectivity index (χ4n) is 3.09. The first-order valence-corrected chi connectivity index (χ1v) is 8.95. The predicted octanol–water partition coefficient (Wildman–Crippen LogP) is 5.43. The van der Waals surface area contributed by atoms with Crippen LogP contribution in [0.1, 0.15) is 31.4 Å². The van der Waals surface area contributed by atoms with Gasteiger partial charge in [-0.05, 0) is 37.6 Å². The molecule has 1 atom stereocenters. The summed E-state index contributed by atoms with van der Waals surface area (Å²) in [4.78, 5) is 9.14. The van der Waals surface area contributed by atoms with E-state index in [1.807, 2.05) is 37.3 Å². The third-order valence-corrected chi connectivity index (χ3v) is 5.12. The molecule has 0 bridgehead atoms. The van der Waals surface area contributed by atoms with Gasteiger partial charge in [0.05, 0.1) is 17.3 Å². The highest BCUT2D eigenvalue weighted by Crippen LogP contribution is 2.37. The summed E-state index contributed by atoms with van der Waals surface area (Å²) in [5, 5.41) is 1.29. The largest absolute Gasteiger partial charge is 0.483 e. The van der Waals surface area contributed by atoms with Crippen molar-refractivity contribution in [3.05, 3.63) is 70.6 Å². The first kappa shape index (κ1) is 17.0. The number of nitrogens with zero attached hydrogens (tertiary/aromatic N) is 2. The number of fused-ring (bicyclic) bond motifs is 2. The molecule has 0 spiro atoms. The molecule has 1 aromatic heterocycles. The van der Waals surface area contributed by atoms with E-state index in [9.17, 15) is 4.39 Å². The van der Waals surface area contributed by atoms with Gasteiger partial charge in [-0.1, -0.05) is 36.7 Å². The monoisotopic (exact) mass is 368 g/mol. The standard InChI is InChI=1S/C21H18ClFN2O/c1-3-21(2)12-25-18(15-7-5-8-16(22)20(15)26-21)14-10-13-6-4-9-17(23)19(13)24-11-14/h4-11H,3,12H2,1-2H3. The van der Waals surface area contributed by atoms with Gasteiger partial charge in [-0.15, -0.1) is 0 Å². The van der Waals surface area contributed by atoms with Gasteiger partial charge < -0.3 is 4.74 Å². The number of aliphatic imine (C=N–C) groups is 1. The Balaban J connectivity index is 1.92. The molecule has 3 aromatic rings. The minimum Gasteiger partial charge on any atom is -0.483 e. The summed E-state index contributed by atoms with van der Waals surface area (Å²) >= 11 is 6.42. The molecule has 2 heterocycles. The summed E-state index contributed by atoms with van der Waals surface area (Å²) < 4.78 is 20.2. The number of halogens is 2. The van der Waals surface area contributed by atoms with Gasteiger partial charge in [0.15, 0.2) is 0 Å². The molecule has 2 aromatic carbocycles. The van der Waals surface area contributed by atoms with E-state index in [0.29, 0.717) is 22.8 Å². The van der Waals surface area contributed by atoms with E-state index in [-0.39, 0.29) is 5.82 Å². The smallest absolute Gasteiger partial charge is 0.149 e. The lowest BCUT2D eigenvalue weighted by atomic mass is 10.0. The lowest BCUT2D eigenvalue weighted by molar-refractivity contribution is 0.0959. The van der Waals surface area contributed by atoms with Gasteiger partial charge in [0, 0.05) is 22.7 Å². The van der Waals surface area contributed by atoms with E-state index in [2.05, 4.69) is 11.9 Å². The van der Waals surface area contributed by atoms with Crippen LogP contribution in [-0.2, 0) is 0 Å². The first-order chi connectivity index (χ1) is 12.5. The first-order valence-electron chi connectivity index (χ1n) is 8.58. The van der Waals surface area contributed by atoms with Gasteiger partial charge in [-0.3, -0.25) is 9.98 Å². The number of para-hydroxylation sites is 2. The fourth-order valence-corrected chi connectivity index (χ4v) is 3.31. The van der Waals surface area contributed by atoms with E-state index in [4.69, 9.17) is 21.3 Å². The van der Waals surface area contributed by atoms with Crippen molar-refractivity contribution in [2.24, 2.45) is 4.99 Å². The topological polar surface area (TPSA) is 34.5 Å². The maximum Gasteiger partial charge on any atom is 0.149 e. The molecule has 1 aliphatic rings. The van der Waals surface area contributed by atoms with Gasteiger partial charge in [-0.25, -0.2) is 4.39 Å². The van der Waals surface area contributed by atoms with Crippen LogP contribution < -0.4 is 4.74 Å². The summed E-state index contributed by atoms with van der Waals surface area (Å²) in [5.74, 6) is 0.302. The minimum atomic E-state index is -0.433. The molecule has 0 radical (unpaired) electrons. The van der Waals surface area contributed by atoms with E-state index < -0.39 is 5.60 Å². The summed E-state index contributed by atoms with van der Waals surface area (Å²) in [5.41, 5.74) is 2.32. The van der Waals surface area contributed by atoms with Crippen LogP contribution in [0.15, 0.2) is 53.7 Å². The van der Waals surface area contributed by atoms with E-state index in [1.54, 1.807) is 12.3 Å². The van der Waals surface area contributed by atoms with Crippen molar-refractivity contribution >= 4 is 28.2 Å². The molecule has 132 valence electrons. The number of hydrogen-bond donors (Lipinski definition) is 0. The van der Waals surface area contributed by atoms with Crippen LogP contribution >= 0.6 is 11.6 Å². The molecule has 1 unspecified atom stereocenters. The molecule has 1 aliphatic heterocycles. The van der Waals surface area contributed by atoms with Crippen molar-refractivity contribution in [3.8, 4) is 5.75 Å². The second kappa shape index (κ2) is 6.36. The Bertz CT molecular complexity index is 1030. The number of pyridine rings is 1. The zero-order valence-corrected chi connectivity index (χ0v) is 15.3. The molecule has 3 nitrogen and oxygen atoms in total. The van der Waals surface area contributed by atoms with Gasteiger partial charge in [0.25, 0.3) is 0 Å². The normalized spacial score (nSPS) is 19.5. The van der Waals surface area contributed by atoms with Crippen LogP contribution in [0, 0.1) is 5.82 Å². The zero-order valence-electron chi connectivity index (χ0n) is 14.6. The van der Waals surface area contributed by atoms with Crippen LogP contribution in [0.4, 0.5) is 4.39 Å². The van der Waals surface area contributed by atoms with Gasteiger partial charge >= 0.3 is 0 Å². The maximum atomic E-state index is 13.9. The lowest BCUT2D eigenvalue weighted by Gasteiger charge is -2.27.